The first-order valence-corrected chi connectivity index (χ1v) is 15.0. The normalized spacial score (nSPS) is 13.1. The van der Waals surface area contributed by atoms with Gasteiger partial charge in [-0.3, -0.25) is 4.57 Å². The number of ether oxygens (including phenoxy) is 1. The number of benzene rings is 3. The van der Waals surface area contributed by atoms with E-state index >= 15 is 0 Å². The summed E-state index contributed by atoms with van der Waals surface area (Å²) in [6, 6.07) is 18.6. The number of alkyl halides is 3. The zero-order chi connectivity index (χ0) is 32.3. The lowest BCUT2D eigenvalue weighted by Crippen LogP contribution is -2.18. The number of aromatic nitrogens is 4. The van der Waals surface area contributed by atoms with Crippen molar-refractivity contribution in [2.24, 2.45) is 9.98 Å². The Morgan fingerprint density at radius 3 is 2.38 bits per heavy atom. The average molecular weight is 633 g/mol. The number of urea groups is 1. The predicted octanol–water partition coefficient (Wildman–Crippen LogP) is 8.32. The first-order valence-electron chi connectivity index (χ1n) is 14.2. The van der Waals surface area contributed by atoms with E-state index in [1.54, 1.807) is 6.21 Å². The Balaban J connectivity index is 1.28. The van der Waals surface area contributed by atoms with Gasteiger partial charge >= 0.3 is 12.4 Å². The molecule has 0 spiro atoms. The number of thiazole rings is 1. The molecule has 0 fully saturated rings. The van der Waals surface area contributed by atoms with Crippen LogP contribution in [0.25, 0.3) is 22.8 Å². The van der Waals surface area contributed by atoms with E-state index in [4.69, 9.17) is 0 Å². The van der Waals surface area contributed by atoms with Crippen LogP contribution in [0.3, 0.4) is 0 Å². The number of hydrogen-bond donors (Lipinski definition) is 0. The fourth-order valence-electron chi connectivity index (χ4n) is 4.73. The van der Waals surface area contributed by atoms with Gasteiger partial charge in [0.25, 0.3) is 0 Å². The van der Waals surface area contributed by atoms with Crippen LogP contribution in [0, 0.1) is 13.8 Å². The summed E-state index contributed by atoms with van der Waals surface area (Å²) in [6.45, 7) is 10.3. The molecule has 8 nitrogen and oxygen atoms in total. The minimum absolute atomic E-state index is 0.164. The van der Waals surface area contributed by atoms with Gasteiger partial charge in [0.2, 0.25) is 0 Å². The molecular formula is C33H31F3N6O2S. The van der Waals surface area contributed by atoms with Crippen molar-refractivity contribution < 1.29 is 22.7 Å². The third-order valence-electron chi connectivity index (χ3n) is 7.05. The predicted molar refractivity (Wildman–Crippen MR) is 169 cm³/mol. The van der Waals surface area contributed by atoms with Crippen molar-refractivity contribution in [3.8, 4) is 28.5 Å². The van der Waals surface area contributed by atoms with Crippen LogP contribution in [0.1, 0.15) is 55.0 Å². The van der Waals surface area contributed by atoms with E-state index in [1.807, 2.05) is 55.0 Å². The van der Waals surface area contributed by atoms with Crippen LogP contribution >= 0.6 is 11.3 Å². The van der Waals surface area contributed by atoms with Gasteiger partial charge in [0.15, 0.2) is 10.6 Å². The summed E-state index contributed by atoms with van der Waals surface area (Å²) in [4.78, 5) is 26.2. The van der Waals surface area contributed by atoms with Gasteiger partial charge in [0.05, 0.1) is 11.4 Å². The van der Waals surface area contributed by atoms with E-state index in [0.29, 0.717) is 22.2 Å². The van der Waals surface area contributed by atoms with E-state index in [-0.39, 0.29) is 11.7 Å². The number of hydrogen-bond acceptors (Lipinski definition) is 5. The molecule has 3 aromatic carbocycles. The summed E-state index contributed by atoms with van der Waals surface area (Å²) in [5, 5.41) is 6.42. The Labute approximate surface area is 262 Å². The number of halogens is 3. The first-order chi connectivity index (χ1) is 21.4. The monoisotopic (exact) mass is 632 g/mol. The molecular weight excluding hydrogens is 601 g/mol. The lowest BCUT2D eigenvalue weighted by molar-refractivity contribution is -0.274. The zero-order valence-electron chi connectivity index (χ0n) is 25.3. The molecule has 0 radical (unpaired) electrons. The van der Waals surface area contributed by atoms with Gasteiger partial charge in [-0.15, -0.1) is 29.6 Å². The van der Waals surface area contributed by atoms with Crippen molar-refractivity contribution in [3.05, 3.63) is 106 Å². The number of carbonyl (C=O) groups excluding carboxylic acids is 1. The maximum Gasteiger partial charge on any atom is 0.573 e. The van der Waals surface area contributed by atoms with Crippen LogP contribution in [-0.2, 0) is 0 Å². The summed E-state index contributed by atoms with van der Waals surface area (Å²) in [5.74, 6) is 0.266. The maximum atomic E-state index is 12.8. The molecule has 5 rings (SSSR count). The van der Waals surface area contributed by atoms with Gasteiger partial charge in [-0.25, -0.2) is 19.5 Å². The van der Waals surface area contributed by atoms with Crippen LogP contribution in [0.2, 0.25) is 0 Å². The van der Waals surface area contributed by atoms with Gasteiger partial charge < -0.3 is 4.74 Å². The SMILES string of the molecule is Cc1ccc(C(C)C)c(-n2c(C)csc2=NC(=O)N=CC(C)c2ccc(-c3ncn(-c4ccc(OC(F)(F)F)cc4)n3)cc2)c1. The van der Waals surface area contributed by atoms with Crippen LogP contribution in [0.15, 0.2) is 88.4 Å². The van der Waals surface area contributed by atoms with Crippen LogP contribution < -0.4 is 9.54 Å². The highest BCUT2D eigenvalue weighted by atomic mass is 32.1. The second-order valence-electron chi connectivity index (χ2n) is 10.8. The molecule has 0 aliphatic heterocycles. The Hall–Kier alpha value is -4.84. The summed E-state index contributed by atoms with van der Waals surface area (Å²) < 4.78 is 44.7. The Morgan fingerprint density at radius 1 is 1.00 bits per heavy atom. The minimum atomic E-state index is -4.76. The number of aryl methyl sites for hydroxylation is 2. The van der Waals surface area contributed by atoms with E-state index in [9.17, 15) is 18.0 Å². The summed E-state index contributed by atoms with van der Waals surface area (Å²) >= 11 is 1.40. The molecule has 2 amide bonds. The molecule has 0 saturated heterocycles. The Bertz CT molecular complexity index is 1900. The average Bonchev–Trinajstić information content (AvgIpc) is 3.62. The fraction of sp³-hybridized carbons (Fsp3) is 0.242. The molecule has 2 aromatic heterocycles. The second-order valence-corrected chi connectivity index (χ2v) is 11.7. The Kier molecular flexibility index (Phi) is 9.14. The molecule has 5 aromatic rings. The number of amides is 2. The second kappa shape index (κ2) is 13.0. The molecule has 45 heavy (non-hydrogen) atoms. The third-order valence-corrected chi connectivity index (χ3v) is 7.99. The number of nitrogens with zero attached hydrogens (tertiary/aromatic N) is 6. The van der Waals surface area contributed by atoms with Crippen molar-refractivity contribution in [1.82, 2.24) is 19.3 Å². The first kappa shape index (κ1) is 31.6. The largest absolute Gasteiger partial charge is 0.573 e. The van der Waals surface area contributed by atoms with Crippen LogP contribution in [-0.4, -0.2) is 37.9 Å². The van der Waals surface area contributed by atoms with Gasteiger partial charge in [-0.2, -0.15) is 4.99 Å². The third kappa shape index (κ3) is 7.63. The maximum absolute atomic E-state index is 12.8. The molecule has 0 saturated carbocycles. The molecule has 2 heterocycles. The molecule has 0 aliphatic carbocycles. The van der Waals surface area contributed by atoms with Crippen molar-refractivity contribution in [1.29, 1.82) is 0 Å². The van der Waals surface area contributed by atoms with Gasteiger partial charge in [-0.1, -0.05) is 57.2 Å². The van der Waals surface area contributed by atoms with E-state index in [0.717, 1.165) is 28.1 Å². The molecule has 0 bridgehead atoms. The Morgan fingerprint density at radius 2 is 1.71 bits per heavy atom. The van der Waals surface area contributed by atoms with Crippen molar-refractivity contribution in [3.63, 3.8) is 0 Å². The van der Waals surface area contributed by atoms with Crippen molar-refractivity contribution in [2.75, 3.05) is 0 Å². The van der Waals surface area contributed by atoms with E-state index < -0.39 is 12.4 Å². The van der Waals surface area contributed by atoms with Gasteiger partial charge in [0.1, 0.15) is 12.1 Å². The number of carbonyl (C=O) groups is 1. The highest BCUT2D eigenvalue weighted by Crippen LogP contribution is 2.26. The molecule has 232 valence electrons. The molecule has 0 aliphatic rings. The minimum Gasteiger partial charge on any atom is -0.406 e. The zero-order valence-corrected chi connectivity index (χ0v) is 26.1. The van der Waals surface area contributed by atoms with Gasteiger partial charge in [-0.05, 0) is 66.8 Å². The topological polar surface area (TPSA) is 86.7 Å². The van der Waals surface area contributed by atoms with E-state index in [2.05, 4.69) is 56.9 Å². The molecule has 1 unspecified atom stereocenters. The van der Waals surface area contributed by atoms with E-state index in [1.165, 1.54) is 52.2 Å². The summed E-state index contributed by atoms with van der Waals surface area (Å²) in [7, 11) is 0. The van der Waals surface area contributed by atoms with Crippen molar-refractivity contribution in [2.45, 2.75) is 52.8 Å². The lowest BCUT2D eigenvalue weighted by atomic mass is 9.99. The molecule has 1 atom stereocenters. The lowest BCUT2D eigenvalue weighted by Gasteiger charge is -2.16. The number of rotatable bonds is 7. The van der Waals surface area contributed by atoms with Gasteiger partial charge in [0, 0.05) is 28.8 Å². The summed E-state index contributed by atoms with van der Waals surface area (Å²) in [5.41, 5.74) is 6.51. The smallest absolute Gasteiger partial charge is 0.406 e. The highest BCUT2D eigenvalue weighted by Gasteiger charge is 2.31. The van der Waals surface area contributed by atoms with Crippen LogP contribution in [0.5, 0.6) is 5.75 Å². The van der Waals surface area contributed by atoms with Crippen LogP contribution in [0.4, 0.5) is 18.0 Å². The fourth-order valence-corrected chi connectivity index (χ4v) is 5.59. The highest BCUT2D eigenvalue weighted by molar-refractivity contribution is 7.07. The standard InChI is InChI=1S/C33H31F3N6O2S/c1-20(2)28-15-6-21(3)16-29(28)42-23(5)18-45-32(42)39-31(43)37-17-22(4)24-7-9-25(10-8-24)30-38-19-41(40-30)26-11-13-27(14-12-26)44-33(34,35)36/h6-20,22H,1-5H3. The molecule has 12 heteroatoms. The number of aliphatic imine (C=N–C) groups is 1. The molecule has 0 N–H and O–H groups in total. The van der Waals surface area contributed by atoms with Crippen molar-refractivity contribution >= 4 is 23.6 Å². The quantitative estimate of drug-likeness (QED) is 0.169. The summed E-state index contributed by atoms with van der Waals surface area (Å²) in [6.07, 6.45) is -1.69.